The van der Waals surface area contributed by atoms with Crippen molar-refractivity contribution in [2.75, 3.05) is 20.8 Å². The van der Waals surface area contributed by atoms with Gasteiger partial charge in [-0.05, 0) is 42.3 Å². The first-order chi connectivity index (χ1) is 14.3. The maximum Gasteiger partial charge on any atom is 0.295 e. The van der Waals surface area contributed by atoms with E-state index in [0.717, 1.165) is 0 Å². The lowest BCUT2D eigenvalue weighted by atomic mass is 9.94. The average Bonchev–Trinajstić information content (AvgIpc) is 2.97. The topological polar surface area (TPSA) is 76.1 Å². The lowest BCUT2D eigenvalue weighted by Gasteiger charge is -2.28. The molecule has 0 aromatic heterocycles. The van der Waals surface area contributed by atoms with Gasteiger partial charge in [0.15, 0.2) is 0 Å². The number of ether oxygens (including phenoxy) is 2. The molecule has 1 atom stereocenters. The van der Waals surface area contributed by atoms with E-state index in [1.165, 1.54) is 12.0 Å². The Morgan fingerprint density at radius 1 is 1.10 bits per heavy atom. The van der Waals surface area contributed by atoms with Crippen molar-refractivity contribution in [3.05, 3.63) is 64.2 Å². The monoisotopic (exact) mass is 429 g/mol. The maximum atomic E-state index is 13.0. The Hall–Kier alpha value is -2.99. The van der Waals surface area contributed by atoms with Gasteiger partial charge in [-0.3, -0.25) is 9.59 Å². The molecule has 1 fully saturated rings. The van der Waals surface area contributed by atoms with Gasteiger partial charge in [0.1, 0.15) is 17.3 Å². The largest absolute Gasteiger partial charge is 0.507 e. The van der Waals surface area contributed by atoms with Gasteiger partial charge in [-0.15, -0.1) is 0 Å². The predicted octanol–water partition coefficient (Wildman–Crippen LogP) is 4.43. The molecule has 0 radical (unpaired) electrons. The molecule has 3 rings (SSSR count). The highest BCUT2D eigenvalue weighted by Crippen LogP contribution is 2.44. The first-order valence-corrected chi connectivity index (χ1v) is 9.92. The summed E-state index contributed by atoms with van der Waals surface area (Å²) in [6.07, 6.45) is 0. The van der Waals surface area contributed by atoms with Crippen LogP contribution in [0.25, 0.3) is 5.76 Å². The SMILES string of the molecule is COc1ccc([C@@H]2C(=C(O)c3ccc(Cl)cc3)C(=O)C(=O)N2CC(C)C)c(OC)c1. The highest BCUT2D eigenvalue weighted by atomic mass is 35.5. The zero-order valence-corrected chi connectivity index (χ0v) is 18.1. The molecule has 1 N–H and O–H groups in total. The number of aliphatic hydroxyl groups excluding tert-OH is 1. The van der Waals surface area contributed by atoms with E-state index in [1.54, 1.807) is 49.6 Å². The van der Waals surface area contributed by atoms with Crippen LogP contribution < -0.4 is 9.47 Å². The fourth-order valence-corrected chi connectivity index (χ4v) is 3.72. The van der Waals surface area contributed by atoms with Crippen LogP contribution in [0.2, 0.25) is 5.02 Å². The maximum absolute atomic E-state index is 13.0. The molecule has 0 spiro atoms. The van der Waals surface area contributed by atoms with Gasteiger partial charge in [0.25, 0.3) is 11.7 Å². The molecule has 2 aromatic carbocycles. The number of hydrogen-bond acceptors (Lipinski definition) is 5. The zero-order valence-electron chi connectivity index (χ0n) is 17.3. The van der Waals surface area contributed by atoms with Crippen LogP contribution >= 0.6 is 11.6 Å². The third-order valence-electron chi connectivity index (χ3n) is 4.95. The van der Waals surface area contributed by atoms with Crippen molar-refractivity contribution < 1.29 is 24.2 Å². The van der Waals surface area contributed by atoms with Crippen molar-refractivity contribution >= 4 is 29.1 Å². The predicted molar refractivity (Wildman–Crippen MR) is 115 cm³/mol. The van der Waals surface area contributed by atoms with Gasteiger partial charge in [0.2, 0.25) is 0 Å². The molecular formula is C23H24ClNO5. The molecule has 1 saturated heterocycles. The third-order valence-corrected chi connectivity index (χ3v) is 5.21. The highest BCUT2D eigenvalue weighted by molar-refractivity contribution is 6.46. The molecule has 1 amide bonds. The Kier molecular flexibility index (Phi) is 6.37. The van der Waals surface area contributed by atoms with E-state index in [-0.39, 0.29) is 17.3 Å². The number of rotatable bonds is 6. The minimum atomic E-state index is -0.788. The number of Topliss-reactive ketones (excluding diaryl/α,β-unsaturated/α-hetero) is 1. The summed E-state index contributed by atoms with van der Waals surface area (Å²) in [5.41, 5.74) is 1.01. The number of carbonyl (C=O) groups excluding carboxylic acids is 2. The molecule has 2 aromatic rings. The van der Waals surface area contributed by atoms with Crippen LogP contribution in [0.3, 0.4) is 0 Å². The molecule has 30 heavy (non-hydrogen) atoms. The van der Waals surface area contributed by atoms with Gasteiger partial charge >= 0.3 is 0 Å². The Labute approximate surface area is 180 Å². The Balaban J connectivity index is 2.24. The number of hydrogen-bond donors (Lipinski definition) is 1. The van der Waals surface area contributed by atoms with Crippen LogP contribution in [0.1, 0.15) is 31.0 Å². The second kappa shape index (κ2) is 8.79. The summed E-state index contributed by atoms with van der Waals surface area (Å²) in [6, 6.07) is 10.8. The molecule has 1 aliphatic heterocycles. The molecule has 6 nitrogen and oxygen atoms in total. The molecule has 158 valence electrons. The number of aliphatic hydroxyl groups is 1. The number of likely N-dealkylation sites (tertiary alicyclic amines) is 1. The lowest BCUT2D eigenvalue weighted by Crippen LogP contribution is -2.33. The normalized spacial score (nSPS) is 18.2. The zero-order chi connectivity index (χ0) is 22.0. The number of carbonyl (C=O) groups is 2. The second-order valence-electron chi connectivity index (χ2n) is 7.46. The Morgan fingerprint density at radius 3 is 2.33 bits per heavy atom. The van der Waals surface area contributed by atoms with E-state index in [0.29, 0.717) is 34.2 Å². The van der Waals surface area contributed by atoms with E-state index in [9.17, 15) is 14.7 Å². The van der Waals surface area contributed by atoms with Crippen molar-refractivity contribution in [3.8, 4) is 11.5 Å². The van der Waals surface area contributed by atoms with Crippen LogP contribution in [0, 0.1) is 5.92 Å². The summed E-state index contributed by atoms with van der Waals surface area (Å²) in [5, 5.41) is 11.5. The first-order valence-electron chi connectivity index (χ1n) is 9.54. The van der Waals surface area contributed by atoms with E-state index in [4.69, 9.17) is 21.1 Å². The summed E-state index contributed by atoms with van der Waals surface area (Å²) in [7, 11) is 3.05. The summed E-state index contributed by atoms with van der Waals surface area (Å²) in [5.74, 6) is -0.483. The molecule has 0 unspecified atom stereocenters. The quantitative estimate of drug-likeness (QED) is 0.417. The summed E-state index contributed by atoms with van der Waals surface area (Å²) in [6.45, 7) is 4.27. The lowest BCUT2D eigenvalue weighted by molar-refractivity contribution is -0.140. The van der Waals surface area contributed by atoms with Gasteiger partial charge in [-0.1, -0.05) is 25.4 Å². The fourth-order valence-electron chi connectivity index (χ4n) is 3.59. The second-order valence-corrected chi connectivity index (χ2v) is 7.90. The minimum absolute atomic E-state index is 0.0199. The van der Waals surface area contributed by atoms with Gasteiger partial charge in [0.05, 0.1) is 25.8 Å². The minimum Gasteiger partial charge on any atom is -0.507 e. The van der Waals surface area contributed by atoms with Gasteiger partial charge in [0, 0.05) is 28.8 Å². The van der Waals surface area contributed by atoms with Gasteiger partial charge in [-0.2, -0.15) is 0 Å². The molecule has 1 aliphatic rings. The first kappa shape index (κ1) is 21.7. The van der Waals surface area contributed by atoms with Crippen molar-refractivity contribution in [2.45, 2.75) is 19.9 Å². The van der Waals surface area contributed by atoms with Crippen LogP contribution in [-0.2, 0) is 9.59 Å². The number of halogens is 1. The average molecular weight is 430 g/mol. The van der Waals surface area contributed by atoms with Crippen LogP contribution in [0.15, 0.2) is 48.0 Å². The standard InChI is InChI=1S/C23H24ClNO5/c1-13(2)12-25-20(17-10-9-16(29-3)11-18(17)30-4)19(22(27)23(25)28)21(26)14-5-7-15(24)8-6-14/h5-11,13,20,26H,12H2,1-4H3/t20-/m1/s1. The van der Waals surface area contributed by atoms with Crippen molar-refractivity contribution in [1.29, 1.82) is 0 Å². The molecule has 7 heteroatoms. The summed E-state index contributed by atoms with van der Waals surface area (Å²) >= 11 is 5.95. The summed E-state index contributed by atoms with van der Waals surface area (Å²) in [4.78, 5) is 27.4. The van der Waals surface area contributed by atoms with Crippen molar-refractivity contribution in [1.82, 2.24) is 4.90 Å². The highest BCUT2D eigenvalue weighted by Gasteiger charge is 2.47. The van der Waals surface area contributed by atoms with E-state index in [2.05, 4.69) is 0 Å². The van der Waals surface area contributed by atoms with Crippen LogP contribution in [0.4, 0.5) is 0 Å². The molecule has 1 heterocycles. The smallest absolute Gasteiger partial charge is 0.295 e. The third kappa shape index (κ3) is 4.00. The Bertz CT molecular complexity index is 997. The van der Waals surface area contributed by atoms with Crippen molar-refractivity contribution in [2.24, 2.45) is 5.92 Å². The Morgan fingerprint density at radius 2 is 1.77 bits per heavy atom. The van der Waals surface area contributed by atoms with Crippen molar-refractivity contribution in [3.63, 3.8) is 0 Å². The van der Waals surface area contributed by atoms with Gasteiger partial charge < -0.3 is 19.5 Å². The van der Waals surface area contributed by atoms with Gasteiger partial charge in [-0.25, -0.2) is 0 Å². The fraction of sp³-hybridized carbons (Fsp3) is 0.304. The summed E-state index contributed by atoms with van der Waals surface area (Å²) < 4.78 is 10.8. The molecule has 0 saturated carbocycles. The number of ketones is 1. The number of methoxy groups -OCH3 is 2. The van der Waals surface area contributed by atoms with E-state index >= 15 is 0 Å². The number of nitrogens with zero attached hydrogens (tertiary/aromatic N) is 1. The molecule has 0 bridgehead atoms. The molecular weight excluding hydrogens is 406 g/mol. The van der Waals surface area contributed by atoms with Crippen LogP contribution in [0.5, 0.6) is 11.5 Å². The number of benzene rings is 2. The number of amides is 1. The van der Waals surface area contributed by atoms with E-state index < -0.39 is 17.7 Å². The van der Waals surface area contributed by atoms with Crippen LogP contribution in [-0.4, -0.2) is 42.5 Å². The molecule has 0 aliphatic carbocycles. The van der Waals surface area contributed by atoms with E-state index in [1.807, 2.05) is 13.8 Å².